The molecule has 3 fully saturated rings. The summed E-state index contributed by atoms with van der Waals surface area (Å²) < 4.78 is 13.6. The minimum Gasteiger partial charge on any atom is -0.508 e. The number of amides is 1. The molecule has 1 aromatic carbocycles. The van der Waals surface area contributed by atoms with E-state index in [9.17, 15) is 9.90 Å². The van der Waals surface area contributed by atoms with Crippen LogP contribution in [-0.4, -0.2) is 73.2 Å². The second-order valence-corrected chi connectivity index (χ2v) is 10.2. The van der Waals surface area contributed by atoms with Gasteiger partial charge in [0.1, 0.15) is 18.0 Å². The molecule has 5 atom stereocenters. The van der Waals surface area contributed by atoms with Crippen molar-refractivity contribution in [3.05, 3.63) is 29.5 Å². The fourth-order valence-electron chi connectivity index (χ4n) is 7.26. The van der Waals surface area contributed by atoms with E-state index in [0.717, 1.165) is 68.5 Å². The summed E-state index contributed by atoms with van der Waals surface area (Å²) in [5.74, 6) is 0.841. The number of carbonyl (C=O) groups is 1. The largest absolute Gasteiger partial charge is 0.508 e. The summed E-state index contributed by atoms with van der Waals surface area (Å²) in [6.45, 7) is 7.18. The minimum atomic E-state index is -0.717. The Labute approximate surface area is 201 Å². The molecule has 4 N–H and O–H groups in total. The molecule has 4 aliphatic rings. The van der Waals surface area contributed by atoms with E-state index in [2.05, 4.69) is 21.7 Å². The Morgan fingerprint density at radius 3 is 2.91 bits per heavy atom. The van der Waals surface area contributed by atoms with Crippen LogP contribution in [0, 0.1) is 11.8 Å². The van der Waals surface area contributed by atoms with Crippen molar-refractivity contribution < 1.29 is 19.4 Å². The van der Waals surface area contributed by atoms with Gasteiger partial charge in [0.15, 0.2) is 0 Å². The third-order valence-electron chi connectivity index (χ3n) is 8.36. The summed E-state index contributed by atoms with van der Waals surface area (Å²) >= 11 is 0. The number of phenols is 1. The number of ether oxygens (including phenoxy) is 2. The highest BCUT2D eigenvalue weighted by atomic mass is 16.7. The molecule has 8 heteroatoms. The van der Waals surface area contributed by atoms with Crippen LogP contribution in [0.4, 0.5) is 0 Å². The van der Waals surface area contributed by atoms with Crippen LogP contribution in [0.25, 0.3) is 10.9 Å². The van der Waals surface area contributed by atoms with E-state index in [1.54, 1.807) is 6.07 Å². The van der Waals surface area contributed by atoms with Gasteiger partial charge in [-0.15, -0.1) is 0 Å². The van der Waals surface area contributed by atoms with E-state index in [-0.39, 0.29) is 17.7 Å². The van der Waals surface area contributed by atoms with Crippen molar-refractivity contribution in [1.29, 1.82) is 0 Å². The van der Waals surface area contributed by atoms with Gasteiger partial charge in [-0.25, -0.2) is 0 Å². The van der Waals surface area contributed by atoms with Gasteiger partial charge in [-0.2, -0.15) is 0 Å². The first kappa shape index (κ1) is 23.6. The summed E-state index contributed by atoms with van der Waals surface area (Å²) in [5, 5.41) is 14.4. The zero-order chi connectivity index (χ0) is 23.9. The molecule has 34 heavy (non-hydrogen) atoms. The SMILES string of the molecule is CCn1c2c(c3cc(O)ccc31)CCN1CC3CC(CCOCOCCNC)C1C2(C(N)=O)C3. The van der Waals surface area contributed by atoms with Gasteiger partial charge in [0.05, 0.1) is 6.61 Å². The molecule has 8 nitrogen and oxygen atoms in total. The molecule has 0 radical (unpaired) electrons. The summed E-state index contributed by atoms with van der Waals surface area (Å²) in [6, 6.07) is 5.66. The molecule has 2 saturated heterocycles. The van der Waals surface area contributed by atoms with Crippen molar-refractivity contribution in [2.45, 2.75) is 50.6 Å². The van der Waals surface area contributed by atoms with E-state index in [4.69, 9.17) is 15.2 Å². The lowest BCUT2D eigenvalue weighted by atomic mass is 9.56. The van der Waals surface area contributed by atoms with Crippen LogP contribution in [-0.2, 0) is 32.6 Å². The predicted octanol–water partition coefficient (Wildman–Crippen LogP) is 1.96. The molecule has 0 spiro atoms. The molecule has 2 aromatic rings. The van der Waals surface area contributed by atoms with Crippen molar-refractivity contribution in [3.8, 4) is 5.75 Å². The number of primary amides is 1. The van der Waals surface area contributed by atoms with Crippen LogP contribution in [0.5, 0.6) is 5.75 Å². The second kappa shape index (κ2) is 9.49. The molecular weight excluding hydrogens is 432 g/mol. The fraction of sp³-hybridized carbons (Fsp3) is 0.654. The number of aryl methyl sites for hydroxylation is 1. The van der Waals surface area contributed by atoms with Crippen molar-refractivity contribution >= 4 is 16.8 Å². The van der Waals surface area contributed by atoms with Gasteiger partial charge in [-0.05, 0) is 75.3 Å². The Balaban J connectivity index is 1.50. The molecule has 6 rings (SSSR count). The Bertz CT molecular complexity index is 1050. The summed E-state index contributed by atoms with van der Waals surface area (Å²) in [4.78, 5) is 16.0. The Morgan fingerprint density at radius 2 is 2.15 bits per heavy atom. The molecule has 5 unspecified atom stereocenters. The van der Waals surface area contributed by atoms with Gasteiger partial charge in [-0.1, -0.05) is 0 Å². The van der Waals surface area contributed by atoms with Gasteiger partial charge in [0.25, 0.3) is 0 Å². The van der Waals surface area contributed by atoms with E-state index in [0.29, 0.717) is 31.8 Å². The maximum Gasteiger partial charge on any atom is 0.231 e. The van der Waals surface area contributed by atoms with Gasteiger partial charge >= 0.3 is 0 Å². The number of rotatable bonds is 10. The maximum atomic E-state index is 13.5. The number of nitrogens with two attached hydrogens (primary N) is 1. The van der Waals surface area contributed by atoms with Gasteiger partial charge in [0, 0.05) is 55.4 Å². The first-order valence-electron chi connectivity index (χ1n) is 12.7. The van der Waals surface area contributed by atoms with E-state index in [1.165, 1.54) is 5.56 Å². The van der Waals surface area contributed by atoms with Crippen molar-refractivity contribution in [2.24, 2.45) is 17.6 Å². The average Bonchev–Trinajstić information content (AvgIpc) is 3.09. The maximum absolute atomic E-state index is 13.5. The van der Waals surface area contributed by atoms with Crippen LogP contribution < -0.4 is 11.1 Å². The number of benzene rings is 1. The molecule has 1 amide bonds. The van der Waals surface area contributed by atoms with Crippen LogP contribution in [0.3, 0.4) is 0 Å². The Hall–Kier alpha value is -2.13. The van der Waals surface area contributed by atoms with Crippen molar-refractivity contribution in [3.63, 3.8) is 0 Å². The number of nitrogens with one attached hydrogen (secondary N) is 1. The third-order valence-corrected chi connectivity index (χ3v) is 8.36. The number of aromatic nitrogens is 1. The highest BCUT2D eigenvalue weighted by Crippen LogP contribution is 2.55. The lowest BCUT2D eigenvalue weighted by Crippen LogP contribution is -2.68. The molecular formula is C26H38N4O4. The molecule has 4 bridgehead atoms. The minimum absolute atomic E-state index is 0.0771. The number of phenolic OH excluding ortho intramolecular Hbond substituents is 1. The molecule has 1 aliphatic carbocycles. The summed E-state index contributed by atoms with van der Waals surface area (Å²) in [5.41, 5.74) is 9.01. The van der Waals surface area contributed by atoms with Gasteiger partial charge in [-0.3, -0.25) is 9.69 Å². The smallest absolute Gasteiger partial charge is 0.231 e. The van der Waals surface area contributed by atoms with Crippen LogP contribution in [0.1, 0.15) is 37.4 Å². The third kappa shape index (κ3) is 3.71. The number of carbonyl (C=O) groups excluding carboxylic acids is 1. The molecule has 1 aromatic heterocycles. The van der Waals surface area contributed by atoms with E-state index < -0.39 is 5.41 Å². The number of likely N-dealkylation sites (N-methyl/N-ethyl adjacent to an activating group) is 1. The number of fused-ring (bicyclic) bond motifs is 4. The number of aromatic hydroxyl groups is 1. The zero-order valence-corrected chi connectivity index (χ0v) is 20.4. The normalized spacial score (nSPS) is 29.8. The highest BCUT2D eigenvalue weighted by molar-refractivity contribution is 5.94. The van der Waals surface area contributed by atoms with Gasteiger partial charge in [0.2, 0.25) is 5.91 Å². The molecule has 186 valence electrons. The molecule has 4 heterocycles. The zero-order valence-electron chi connectivity index (χ0n) is 20.4. The monoisotopic (exact) mass is 470 g/mol. The first-order valence-corrected chi connectivity index (χ1v) is 12.7. The van der Waals surface area contributed by atoms with Crippen molar-refractivity contribution in [2.75, 3.05) is 46.7 Å². The predicted molar refractivity (Wildman–Crippen MR) is 131 cm³/mol. The number of piperidine rings is 2. The number of hydrogen-bond donors (Lipinski definition) is 3. The quantitative estimate of drug-likeness (QED) is 0.362. The van der Waals surface area contributed by atoms with Crippen LogP contribution >= 0.6 is 0 Å². The molecule has 1 saturated carbocycles. The average molecular weight is 471 g/mol. The molecule has 3 aliphatic heterocycles. The Morgan fingerprint density at radius 1 is 1.32 bits per heavy atom. The van der Waals surface area contributed by atoms with Gasteiger partial charge < -0.3 is 30.2 Å². The summed E-state index contributed by atoms with van der Waals surface area (Å²) in [6.07, 6.45) is 3.68. The lowest BCUT2D eigenvalue weighted by Gasteiger charge is -2.58. The lowest BCUT2D eigenvalue weighted by molar-refractivity contribution is -0.139. The number of nitrogens with zero attached hydrogens (tertiary/aromatic N) is 2. The standard InChI is InChI=1S/C26H38N4O4/c1-3-30-22-5-4-19(31)13-21(22)20-6-9-29-15-17-12-18(7-10-33-16-34-11-8-28-2)23(29)26(14-17,24(20)30)25(27)32/h4-5,13,17-18,23,28,31H,3,6-12,14-16H2,1-2H3,(H2,27,32). The van der Waals surface area contributed by atoms with Crippen LogP contribution in [0.2, 0.25) is 0 Å². The topological polar surface area (TPSA) is 102 Å². The highest BCUT2D eigenvalue weighted by Gasteiger charge is 2.62. The summed E-state index contributed by atoms with van der Waals surface area (Å²) in [7, 11) is 1.90. The van der Waals surface area contributed by atoms with E-state index in [1.807, 2.05) is 19.2 Å². The van der Waals surface area contributed by atoms with Crippen molar-refractivity contribution in [1.82, 2.24) is 14.8 Å². The number of hydrogen-bond acceptors (Lipinski definition) is 6. The first-order chi connectivity index (χ1) is 16.5. The fourth-order valence-corrected chi connectivity index (χ4v) is 7.26. The van der Waals surface area contributed by atoms with E-state index >= 15 is 0 Å². The Kier molecular flexibility index (Phi) is 6.59. The second-order valence-electron chi connectivity index (χ2n) is 10.2. The van der Waals surface area contributed by atoms with Crippen LogP contribution in [0.15, 0.2) is 18.2 Å².